The normalized spacial score (nSPS) is 48.9. The van der Waals surface area contributed by atoms with E-state index >= 15 is 0 Å². The van der Waals surface area contributed by atoms with Gasteiger partial charge in [0.25, 0.3) is 0 Å². The minimum absolute atomic E-state index is 0.145. The van der Waals surface area contributed by atoms with Crippen LogP contribution in [0.25, 0.3) is 0 Å². The number of hydrogen-bond acceptors (Lipinski definition) is 18. The van der Waals surface area contributed by atoms with E-state index < -0.39 is 104 Å². The average Bonchev–Trinajstić information content (AvgIpc) is 3.13. The van der Waals surface area contributed by atoms with Gasteiger partial charge in [-0.05, 0) is 14.0 Å². The molecule has 1 saturated carbocycles. The van der Waals surface area contributed by atoms with Crippen LogP contribution in [-0.4, -0.2) is 160 Å². The number of nitrogens with one attached hydrogen (secondary N) is 3. The molecule has 16 N–H and O–H groups in total. The van der Waals surface area contributed by atoms with Crippen LogP contribution >= 0.6 is 0 Å². The summed E-state index contributed by atoms with van der Waals surface area (Å²) in [7, 11) is 1.44. The lowest BCUT2D eigenvalue weighted by Gasteiger charge is -2.48. The van der Waals surface area contributed by atoms with Crippen LogP contribution in [-0.2, 0) is 23.7 Å². The highest BCUT2D eigenvalue weighted by Crippen LogP contribution is 2.37. The molecule has 0 spiro atoms. The van der Waals surface area contributed by atoms with Gasteiger partial charge in [0, 0.05) is 6.67 Å². The number of carbonyl (C=O) groups excluding carboxylic acids is 1. The lowest BCUT2D eigenvalue weighted by atomic mass is 9.81. The van der Waals surface area contributed by atoms with Crippen molar-refractivity contribution < 1.29 is 59.5 Å². The number of rotatable bonds is 11. The zero-order chi connectivity index (χ0) is 29.2. The molecule has 15 atom stereocenters. The molecule has 3 aliphatic rings. The summed E-state index contributed by atoms with van der Waals surface area (Å²) in [6.45, 7) is 0.528. The Kier molecular flexibility index (Phi) is 11.1. The summed E-state index contributed by atoms with van der Waals surface area (Å²) in [6, 6.07) is -3.42. The van der Waals surface area contributed by atoms with Gasteiger partial charge in [0.05, 0.1) is 36.9 Å². The predicted molar refractivity (Wildman–Crippen MR) is 129 cm³/mol. The summed E-state index contributed by atoms with van der Waals surface area (Å²) in [4.78, 5) is 12.1. The topological polar surface area (TPSA) is 310 Å². The Balaban J connectivity index is 1.92. The Labute approximate surface area is 224 Å². The smallest absolute Gasteiger partial charge is 0.188 e. The minimum Gasteiger partial charge on any atom is -0.394 e. The fourth-order valence-electron chi connectivity index (χ4n) is 5.27. The van der Waals surface area contributed by atoms with Crippen molar-refractivity contribution in [3.8, 4) is 0 Å². The third-order valence-electron chi connectivity index (χ3n) is 7.55. The van der Waals surface area contributed by atoms with Crippen molar-refractivity contribution in [2.24, 2.45) is 17.2 Å². The highest BCUT2D eigenvalue weighted by Gasteiger charge is 2.60. The molecule has 0 amide bonds. The van der Waals surface area contributed by atoms with Gasteiger partial charge in [0.1, 0.15) is 49.0 Å². The van der Waals surface area contributed by atoms with Gasteiger partial charge >= 0.3 is 0 Å². The van der Waals surface area contributed by atoms with Crippen molar-refractivity contribution in [2.45, 2.75) is 104 Å². The molecule has 18 heteroatoms. The van der Waals surface area contributed by atoms with Crippen LogP contribution in [0.2, 0.25) is 0 Å². The molecule has 6 unspecified atom stereocenters. The van der Waals surface area contributed by atoms with Crippen LogP contribution in [0.4, 0.5) is 0 Å². The van der Waals surface area contributed by atoms with Crippen molar-refractivity contribution in [1.29, 1.82) is 0 Å². The maximum Gasteiger partial charge on any atom is 0.188 e. The van der Waals surface area contributed by atoms with Crippen LogP contribution in [0.1, 0.15) is 6.92 Å². The van der Waals surface area contributed by atoms with E-state index in [-0.39, 0.29) is 13.0 Å². The first-order chi connectivity index (χ1) is 18.4. The number of likely N-dealkylation sites (N-methyl/N-ethyl adjacent to an activating group) is 1. The highest BCUT2D eigenvalue weighted by atomic mass is 16.8. The minimum atomic E-state index is -2.34. The lowest BCUT2D eigenvalue weighted by molar-refractivity contribution is -0.315. The van der Waals surface area contributed by atoms with Gasteiger partial charge < -0.3 is 77.2 Å². The summed E-state index contributed by atoms with van der Waals surface area (Å²) in [5, 5.41) is 82.0. The summed E-state index contributed by atoms with van der Waals surface area (Å²) in [5.41, 5.74) is 14.5. The maximum absolute atomic E-state index is 12.1. The van der Waals surface area contributed by atoms with Crippen molar-refractivity contribution >= 4 is 6.29 Å². The summed E-state index contributed by atoms with van der Waals surface area (Å²) in [6.07, 6.45) is -17.4. The van der Waals surface area contributed by atoms with Gasteiger partial charge in [-0.15, -0.1) is 0 Å². The lowest BCUT2D eigenvalue weighted by Crippen LogP contribution is -2.74. The van der Waals surface area contributed by atoms with Gasteiger partial charge in [-0.3, -0.25) is 15.4 Å². The summed E-state index contributed by atoms with van der Waals surface area (Å²) in [5.74, 6) is 0. The fourth-order valence-corrected chi connectivity index (χ4v) is 5.27. The molecule has 3 rings (SSSR count). The third-order valence-corrected chi connectivity index (χ3v) is 7.55. The number of nitrogens with two attached hydrogens (primary N) is 3. The molecule has 3 fully saturated rings. The zero-order valence-electron chi connectivity index (χ0n) is 21.6. The molecule has 0 bridgehead atoms. The standard InChI is InChI=1S/C21H42N6O12/c1-6-21(35,4-29)17(39-18-10(25-2)14(33)11(30)7(3-28)37-18)19(36-6)38-16-9(27-20(23)24)12(31)8(26-5-22)13(32)15(16)34/h4,6-20,25-28,30-35H,3,5,22-24H2,1-2H3/t6-,7-,8+,9-,10?,11?,12+,13-,14?,15+,16+,17?,18?,19?,21+/m0/s1. The first-order valence-corrected chi connectivity index (χ1v) is 12.6. The van der Waals surface area contributed by atoms with Crippen molar-refractivity contribution in [2.75, 3.05) is 20.3 Å². The maximum atomic E-state index is 12.1. The van der Waals surface area contributed by atoms with Gasteiger partial charge in [-0.2, -0.15) is 0 Å². The molecule has 0 aromatic heterocycles. The summed E-state index contributed by atoms with van der Waals surface area (Å²) < 4.78 is 23.1. The van der Waals surface area contributed by atoms with Crippen LogP contribution in [0.5, 0.6) is 0 Å². The van der Waals surface area contributed by atoms with Crippen LogP contribution in [0.15, 0.2) is 0 Å². The third kappa shape index (κ3) is 6.27. The second-order valence-corrected chi connectivity index (χ2v) is 9.95. The first kappa shape index (κ1) is 32.5. The Morgan fingerprint density at radius 3 is 2.13 bits per heavy atom. The molecular weight excluding hydrogens is 528 g/mol. The summed E-state index contributed by atoms with van der Waals surface area (Å²) >= 11 is 0. The second kappa shape index (κ2) is 13.3. The Morgan fingerprint density at radius 1 is 0.949 bits per heavy atom. The monoisotopic (exact) mass is 570 g/mol. The largest absolute Gasteiger partial charge is 0.394 e. The Morgan fingerprint density at radius 2 is 1.59 bits per heavy atom. The number of aliphatic hydroxyl groups is 7. The SMILES string of the molecule is CNC1C(OC2C(O[C@H]3[C@H](O)[C@@H](O)[C@H](NCN)[C@@H](O)[C@@H]3NC(N)N)O[C@@H](C)[C@]2(O)C=O)O[C@@H](CO)C(O)C1O. The van der Waals surface area contributed by atoms with Gasteiger partial charge in [-0.1, -0.05) is 0 Å². The van der Waals surface area contributed by atoms with Gasteiger partial charge in [0.2, 0.25) is 0 Å². The van der Waals surface area contributed by atoms with E-state index in [0.717, 1.165) is 0 Å². The Bertz CT molecular complexity index is 804. The van der Waals surface area contributed by atoms with Crippen molar-refractivity contribution in [1.82, 2.24) is 16.0 Å². The number of ether oxygens (including phenoxy) is 4. The van der Waals surface area contributed by atoms with Gasteiger partial charge in [-0.25, -0.2) is 0 Å². The quantitative estimate of drug-likeness (QED) is 0.0809. The van der Waals surface area contributed by atoms with Crippen molar-refractivity contribution in [3.05, 3.63) is 0 Å². The molecule has 2 aliphatic heterocycles. The number of aliphatic hydroxyl groups excluding tert-OH is 6. The fraction of sp³-hybridized carbons (Fsp3) is 0.952. The van der Waals surface area contributed by atoms with E-state index in [4.69, 9.17) is 36.1 Å². The van der Waals surface area contributed by atoms with E-state index in [2.05, 4.69) is 16.0 Å². The predicted octanol–water partition coefficient (Wildman–Crippen LogP) is -8.41. The number of carbonyl (C=O) groups is 1. The van der Waals surface area contributed by atoms with Crippen molar-refractivity contribution in [3.63, 3.8) is 0 Å². The molecule has 2 heterocycles. The average molecular weight is 571 g/mol. The number of hydrogen-bond donors (Lipinski definition) is 13. The highest BCUT2D eigenvalue weighted by molar-refractivity contribution is 5.65. The second-order valence-electron chi connectivity index (χ2n) is 9.95. The molecular formula is C21H42N6O12. The molecule has 1 aliphatic carbocycles. The van der Waals surface area contributed by atoms with Gasteiger partial charge in [0.15, 0.2) is 24.5 Å². The van der Waals surface area contributed by atoms with Crippen LogP contribution in [0, 0.1) is 0 Å². The zero-order valence-corrected chi connectivity index (χ0v) is 21.6. The van der Waals surface area contributed by atoms with E-state index in [1.54, 1.807) is 0 Å². The molecule has 2 saturated heterocycles. The molecule has 0 aromatic rings. The number of aldehydes is 1. The van der Waals surface area contributed by atoms with E-state index in [0.29, 0.717) is 0 Å². The molecule has 228 valence electrons. The molecule has 0 radical (unpaired) electrons. The van der Waals surface area contributed by atoms with Crippen LogP contribution < -0.4 is 33.2 Å². The Hall–Kier alpha value is -1.01. The van der Waals surface area contributed by atoms with E-state index in [1.165, 1.54) is 14.0 Å². The molecule has 0 aromatic carbocycles. The van der Waals surface area contributed by atoms with Crippen LogP contribution in [0.3, 0.4) is 0 Å². The van der Waals surface area contributed by atoms with E-state index in [1.807, 2.05) is 0 Å². The molecule has 18 nitrogen and oxygen atoms in total. The van der Waals surface area contributed by atoms with E-state index in [9.17, 15) is 40.5 Å². The molecule has 39 heavy (non-hydrogen) atoms. The first-order valence-electron chi connectivity index (χ1n) is 12.6.